The number of amides is 1. The van der Waals surface area contributed by atoms with Crippen LogP contribution in [0.25, 0.3) is 5.76 Å². The van der Waals surface area contributed by atoms with E-state index in [1.165, 1.54) is 23.1 Å². The number of ketones is 1. The standard InChI is InChI=1S/C25H19ClN2O6/c1-34-20-11-5-15(6-12-20)14-27-22(16-7-9-18(26)10-8-16)21(24(30)25(27)31)23(29)17-3-2-4-19(13-17)28(32)33/h2-13,22,29H,14H2,1H3/b23-21-. The predicted molar refractivity (Wildman–Crippen MR) is 125 cm³/mol. The summed E-state index contributed by atoms with van der Waals surface area (Å²) in [4.78, 5) is 38.1. The number of carbonyl (C=O) groups is 2. The van der Waals surface area contributed by atoms with Crippen LogP contribution in [-0.2, 0) is 16.1 Å². The Morgan fingerprint density at radius 1 is 1.09 bits per heavy atom. The van der Waals surface area contributed by atoms with E-state index in [0.29, 0.717) is 16.3 Å². The first-order chi connectivity index (χ1) is 16.3. The van der Waals surface area contributed by atoms with Crippen LogP contribution >= 0.6 is 11.6 Å². The van der Waals surface area contributed by atoms with Crippen LogP contribution in [-0.4, -0.2) is 33.7 Å². The molecule has 34 heavy (non-hydrogen) atoms. The number of likely N-dealkylation sites (tertiary alicyclic amines) is 1. The Labute approximate surface area is 199 Å². The summed E-state index contributed by atoms with van der Waals surface area (Å²) >= 11 is 6.03. The maximum atomic E-state index is 13.1. The van der Waals surface area contributed by atoms with Gasteiger partial charge in [0.2, 0.25) is 0 Å². The van der Waals surface area contributed by atoms with E-state index in [1.807, 2.05) is 0 Å². The quantitative estimate of drug-likeness (QED) is 0.178. The van der Waals surface area contributed by atoms with Crippen LogP contribution in [0.3, 0.4) is 0 Å². The summed E-state index contributed by atoms with van der Waals surface area (Å²) in [7, 11) is 1.54. The second kappa shape index (κ2) is 9.36. The summed E-state index contributed by atoms with van der Waals surface area (Å²) in [6.07, 6.45) is 0. The molecule has 1 saturated heterocycles. The van der Waals surface area contributed by atoms with Crippen molar-refractivity contribution in [2.45, 2.75) is 12.6 Å². The number of hydrogen-bond donors (Lipinski definition) is 1. The first-order valence-electron chi connectivity index (χ1n) is 10.2. The molecule has 3 aromatic carbocycles. The number of nitrogens with zero attached hydrogens (tertiary/aromatic N) is 2. The molecule has 1 N–H and O–H groups in total. The van der Waals surface area contributed by atoms with Gasteiger partial charge in [0.1, 0.15) is 11.5 Å². The number of aliphatic hydroxyl groups is 1. The van der Waals surface area contributed by atoms with Gasteiger partial charge in [0.05, 0.1) is 23.6 Å². The van der Waals surface area contributed by atoms with Gasteiger partial charge in [-0.1, -0.05) is 48.0 Å². The van der Waals surface area contributed by atoms with E-state index in [4.69, 9.17) is 16.3 Å². The number of aliphatic hydroxyl groups excluding tert-OH is 1. The molecule has 4 rings (SSSR count). The van der Waals surface area contributed by atoms with Gasteiger partial charge >= 0.3 is 0 Å². The van der Waals surface area contributed by atoms with Gasteiger partial charge in [0, 0.05) is 29.3 Å². The van der Waals surface area contributed by atoms with Crippen LogP contribution in [0.2, 0.25) is 5.02 Å². The summed E-state index contributed by atoms with van der Waals surface area (Å²) in [5.41, 5.74) is 0.970. The SMILES string of the molecule is COc1ccc(CN2C(=O)C(=O)/C(=C(\O)c3cccc([N+](=O)[O-])c3)C2c2ccc(Cl)cc2)cc1. The maximum absolute atomic E-state index is 13.1. The Morgan fingerprint density at radius 3 is 2.38 bits per heavy atom. The highest BCUT2D eigenvalue weighted by atomic mass is 35.5. The summed E-state index contributed by atoms with van der Waals surface area (Å²) in [6.45, 7) is 0.0909. The molecule has 0 aromatic heterocycles. The second-order valence-corrected chi connectivity index (χ2v) is 8.07. The lowest BCUT2D eigenvalue weighted by atomic mass is 9.95. The van der Waals surface area contributed by atoms with Gasteiger partial charge in [-0.15, -0.1) is 0 Å². The molecule has 0 aliphatic carbocycles. The van der Waals surface area contributed by atoms with Gasteiger partial charge in [-0.05, 0) is 35.4 Å². The highest BCUT2D eigenvalue weighted by Crippen LogP contribution is 2.41. The van der Waals surface area contributed by atoms with Crippen molar-refractivity contribution in [3.8, 4) is 5.75 Å². The van der Waals surface area contributed by atoms with Gasteiger partial charge in [0.25, 0.3) is 17.4 Å². The van der Waals surface area contributed by atoms with Crippen LogP contribution in [0.4, 0.5) is 5.69 Å². The van der Waals surface area contributed by atoms with Crippen LogP contribution < -0.4 is 4.74 Å². The highest BCUT2D eigenvalue weighted by Gasteiger charge is 2.46. The molecule has 1 amide bonds. The Morgan fingerprint density at radius 2 is 1.76 bits per heavy atom. The van der Waals surface area contributed by atoms with Crippen molar-refractivity contribution in [3.05, 3.63) is 110 Å². The minimum Gasteiger partial charge on any atom is -0.507 e. The largest absolute Gasteiger partial charge is 0.507 e. The van der Waals surface area contributed by atoms with E-state index in [1.54, 1.807) is 55.6 Å². The van der Waals surface area contributed by atoms with Crippen molar-refractivity contribution in [1.29, 1.82) is 0 Å². The van der Waals surface area contributed by atoms with E-state index in [0.717, 1.165) is 11.6 Å². The molecule has 9 heteroatoms. The van der Waals surface area contributed by atoms with Crippen LogP contribution in [0.5, 0.6) is 5.75 Å². The summed E-state index contributed by atoms with van der Waals surface area (Å²) in [5.74, 6) is -1.51. The molecule has 1 aliphatic heterocycles. The fourth-order valence-electron chi connectivity index (χ4n) is 3.88. The van der Waals surface area contributed by atoms with Crippen molar-refractivity contribution >= 4 is 34.7 Å². The Hall–Kier alpha value is -4.17. The molecule has 1 aliphatic rings. The van der Waals surface area contributed by atoms with Gasteiger partial charge in [-0.3, -0.25) is 19.7 Å². The third-order valence-electron chi connectivity index (χ3n) is 5.57. The fraction of sp³-hybridized carbons (Fsp3) is 0.120. The Bertz CT molecular complexity index is 1300. The molecule has 0 spiro atoms. The molecule has 0 radical (unpaired) electrons. The average molecular weight is 479 g/mol. The maximum Gasteiger partial charge on any atom is 0.295 e. The van der Waals surface area contributed by atoms with E-state index < -0.39 is 28.4 Å². The lowest BCUT2D eigenvalue weighted by Crippen LogP contribution is -2.29. The average Bonchev–Trinajstić information content (AvgIpc) is 3.09. The lowest BCUT2D eigenvalue weighted by molar-refractivity contribution is -0.384. The normalized spacial score (nSPS) is 17.1. The zero-order chi connectivity index (χ0) is 24.4. The zero-order valence-electron chi connectivity index (χ0n) is 18.0. The van der Waals surface area contributed by atoms with E-state index in [2.05, 4.69) is 0 Å². The minimum atomic E-state index is -0.918. The van der Waals surface area contributed by atoms with Crippen LogP contribution in [0, 0.1) is 10.1 Å². The number of Topliss-reactive ketones (excluding diaryl/α,β-unsaturated/α-hetero) is 1. The van der Waals surface area contributed by atoms with Gasteiger partial charge < -0.3 is 14.7 Å². The van der Waals surface area contributed by atoms with Gasteiger partial charge in [0.15, 0.2) is 0 Å². The third-order valence-corrected chi connectivity index (χ3v) is 5.82. The van der Waals surface area contributed by atoms with Gasteiger partial charge in [-0.25, -0.2) is 0 Å². The number of ether oxygens (including phenoxy) is 1. The molecule has 1 unspecified atom stereocenters. The van der Waals surface area contributed by atoms with Crippen molar-refractivity contribution < 1.29 is 24.4 Å². The molecule has 8 nitrogen and oxygen atoms in total. The lowest BCUT2D eigenvalue weighted by Gasteiger charge is -2.25. The molecule has 1 atom stereocenters. The number of methoxy groups -OCH3 is 1. The summed E-state index contributed by atoms with van der Waals surface area (Å²) in [6, 6.07) is 18.0. The number of nitro groups is 1. The molecular weight excluding hydrogens is 460 g/mol. The zero-order valence-corrected chi connectivity index (χ0v) is 18.7. The molecule has 0 saturated carbocycles. The van der Waals surface area contributed by atoms with Crippen molar-refractivity contribution in [2.24, 2.45) is 0 Å². The van der Waals surface area contributed by atoms with Crippen LogP contribution in [0.15, 0.2) is 78.4 Å². The monoisotopic (exact) mass is 478 g/mol. The highest BCUT2D eigenvalue weighted by molar-refractivity contribution is 6.46. The number of hydrogen-bond acceptors (Lipinski definition) is 6. The first kappa shape index (κ1) is 23.0. The Balaban J connectivity index is 1.84. The summed E-state index contributed by atoms with van der Waals surface area (Å²) in [5, 5.41) is 22.7. The summed E-state index contributed by atoms with van der Waals surface area (Å²) < 4.78 is 5.17. The third kappa shape index (κ3) is 4.35. The molecule has 0 bridgehead atoms. The molecule has 3 aromatic rings. The number of nitro benzene ring substituents is 1. The van der Waals surface area contributed by atoms with Crippen LogP contribution in [0.1, 0.15) is 22.7 Å². The second-order valence-electron chi connectivity index (χ2n) is 7.63. The smallest absolute Gasteiger partial charge is 0.295 e. The first-order valence-corrected chi connectivity index (χ1v) is 10.6. The topological polar surface area (TPSA) is 110 Å². The number of carbonyl (C=O) groups excluding carboxylic acids is 2. The molecule has 172 valence electrons. The van der Waals surface area contributed by atoms with E-state index in [-0.39, 0.29) is 23.4 Å². The molecule has 1 fully saturated rings. The predicted octanol–water partition coefficient (Wildman–Crippen LogP) is 4.88. The minimum absolute atomic E-state index is 0.0654. The number of benzene rings is 3. The van der Waals surface area contributed by atoms with Crippen molar-refractivity contribution in [2.75, 3.05) is 7.11 Å². The van der Waals surface area contributed by atoms with Gasteiger partial charge in [-0.2, -0.15) is 0 Å². The Kier molecular flexibility index (Phi) is 6.34. The van der Waals surface area contributed by atoms with Crippen molar-refractivity contribution in [3.63, 3.8) is 0 Å². The fourth-order valence-corrected chi connectivity index (χ4v) is 4.01. The number of non-ortho nitro benzene ring substituents is 1. The number of rotatable bonds is 6. The van der Waals surface area contributed by atoms with E-state index >= 15 is 0 Å². The molecule has 1 heterocycles. The number of halogens is 1. The molecular formula is C25H19ClN2O6. The van der Waals surface area contributed by atoms with E-state index in [9.17, 15) is 24.8 Å². The van der Waals surface area contributed by atoms with Crippen molar-refractivity contribution in [1.82, 2.24) is 4.90 Å².